The summed E-state index contributed by atoms with van der Waals surface area (Å²) in [6.45, 7) is 1.78. The average Bonchev–Trinajstić information content (AvgIpc) is 3.15. The average molecular weight is 414 g/mol. The molecule has 0 atom stereocenters. The summed E-state index contributed by atoms with van der Waals surface area (Å²) in [5, 5.41) is 7.24. The van der Waals surface area contributed by atoms with Gasteiger partial charge in [-0.3, -0.25) is 4.79 Å². The first-order chi connectivity index (χ1) is 12.2. The van der Waals surface area contributed by atoms with E-state index in [0.29, 0.717) is 26.1 Å². The number of nitrogens with zero attached hydrogens (tertiary/aromatic N) is 3. The minimum atomic E-state index is 0. The highest BCUT2D eigenvalue weighted by Gasteiger charge is 2.32. The van der Waals surface area contributed by atoms with Gasteiger partial charge in [0, 0.05) is 13.0 Å². The van der Waals surface area contributed by atoms with E-state index in [9.17, 15) is 4.79 Å². The van der Waals surface area contributed by atoms with Gasteiger partial charge in [-0.15, -0.1) is 24.8 Å². The van der Waals surface area contributed by atoms with Crippen LogP contribution in [0.15, 0.2) is 36.9 Å². The fraction of sp³-hybridized carbons (Fsp3) is 0.526. The van der Waals surface area contributed by atoms with Crippen LogP contribution < -0.4 is 11.1 Å². The zero-order chi connectivity index (χ0) is 17.5. The Hall–Kier alpha value is -1.63. The minimum Gasteiger partial charge on any atom is -0.352 e. The number of nitrogens with one attached hydrogen (secondary N) is 1. The van der Waals surface area contributed by atoms with Crippen molar-refractivity contribution in [2.75, 3.05) is 6.54 Å². The van der Waals surface area contributed by atoms with Crippen molar-refractivity contribution in [3.8, 4) is 0 Å². The van der Waals surface area contributed by atoms with Crippen LogP contribution in [0.25, 0.3) is 0 Å². The van der Waals surface area contributed by atoms with E-state index in [1.165, 1.54) is 25.6 Å². The van der Waals surface area contributed by atoms with Gasteiger partial charge in [0.1, 0.15) is 12.7 Å². The Balaban J connectivity index is 0.00000182. The van der Waals surface area contributed by atoms with Gasteiger partial charge in [0.15, 0.2) is 0 Å². The lowest BCUT2D eigenvalue weighted by Gasteiger charge is -2.35. The summed E-state index contributed by atoms with van der Waals surface area (Å²) in [6, 6.07) is 8.11. The molecule has 0 saturated heterocycles. The normalized spacial score (nSPS) is 15.3. The highest BCUT2D eigenvalue weighted by Crippen LogP contribution is 2.38. The molecule has 150 valence electrons. The Morgan fingerprint density at radius 3 is 2.48 bits per heavy atom. The number of rotatable bonds is 7. The maximum Gasteiger partial charge on any atom is 0.220 e. The summed E-state index contributed by atoms with van der Waals surface area (Å²) in [5.41, 5.74) is 8.25. The molecular weight excluding hydrogens is 385 g/mol. The molecule has 1 fully saturated rings. The van der Waals surface area contributed by atoms with E-state index in [4.69, 9.17) is 5.73 Å². The molecule has 0 unspecified atom stereocenters. The molecule has 0 bridgehead atoms. The van der Waals surface area contributed by atoms with Gasteiger partial charge in [0.05, 0.1) is 6.54 Å². The van der Waals surface area contributed by atoms with Crippen molar-refractivity contribution in [2.24, 2.45) is 11.1 Å². The summed E-state index contributed by atoms with van der Waals surface area (Å²) in [5.74, 6) is 0.0999. The summed E-state index contributed by atoms with van der Waals surface area (Å²) in [7, 11) is 0. The van der Waals surface area contributed by atoms with E-state index in [1.807, 2.05) is 18.2 Å². The highest BCUT2D eigenvalue weighted by atomic mass is 35.5. The third-order valence-electron chi connectivity index (χ3n) is 5.28. The van der Waals surface area contributed by atoms with E-state index in [2.05, 4.69) is 21.5 Å². The lowest BCUT2D eigenvalue weighted by molar-refractivity contribution is -0.124. The molecule has 8 heteroatoms. The second kappa shape index (κ2) is 11.3. The van der Waals surface area contributed by atoms with Crippen LogP contribution in [0.4, 0.5) is 0 Å². The Kier molecular flexibility index (Phi) is 9.77. The molecule has 1 aromatic heterocycles. The topological polar surface area (TPSA) is 85.8 Å². The van der Waals surface area contributed by atoms with Crippen LogP contribution in [0.2, 0.25) is 0 Å². The monoisotopic (exact) mass is 413 g/mol. The van der Waals surface area contributed by atoms with Crippen molar-refractivity contribution in [3.05, 3.63) is 48.0 Å². The summed E-state index contributed by atoms with van der Waals surface area (Å²) < 4.78 is 1.78. The maximum absolute atomic E-state index is 12.5. The molecule has 1 amide bonds. The number of amides is 1. The number of nitrogens with two attached hydrogens (primary N) is 1. The van der Waals surface area contributed by atoms with Crippen LogP contribution in [0.5, 0.6) is 0 Å². The first-order valence-corrected chi connectivity index (χ1v) is 9.07. The van der Waals surface area contributed by atoms with Crippen LogP contribution in [0.1, 0.15) is 49.7 Å². The molecule has 0 radical (unpaired) electrons. The van der Waals surface area contributed by atoms with Gasteiger partial charge in [0.25, 0.3) is 0 Å². The van der Waals surface area contributed by atoms with Gasteiger partial charge in [-0.1, -0.05) is 43.5 Å². The molecule has 6 nitrogen and oxygen atoms in total. The Labute approximate surface area is 173 Å². The predicted octanol–water partition coefficient (Wildman–Crippen LogP) is 3.09. The second-order valence-corrected chi connectivity index (χ2v) is 7.08. The van der Waals surface area contributed by atoms with Gasteiger partial charge < -0.3 is 11.1 Å². The Bertz CT molecular complexity index is 687. The van der Waals surface area contributed by atoms with Crippen LogP contribution in [-0.2, 0) is 17.9 Å². The number of halogens is 2. The number of carbonyl (C=O) groups is 1. The van der Waals surface area contributed by atoms with E-state index in [-0.39, 0.29) is 36.1 Å². The van der Waals surface area contributed by atoms with Crippen molar-refractivity contribution in [2.45, 2.75) is 51.6 Å². The molecule has 1 heterocycles. The molecule has 2 aromatic rings. The first-order valence-electron chi connectivity index (χ1n) is 9.07. The molecule has 0 aliphatic heterocycles. The standard InChI is InChI=1S/C19H27N5O.2ClH/c20-13-19(8-4-1-5-9-19)10-18(25)22-11-16-6-2-3-7-17(16)12-24-15-21-14-23-24;;/h2-3,6-7,14-15H,1,4-5,8-13,20H2,(H,22,25);2*1H. The number of benzene rings is 1. The third kappa shape index (κ3) is 6.48. The lowest BCUT2D eigenvalue weighted by atomic mass is 9.71. The van der Waals surface area contributed by atoms with Crippen molar-refractivity contribution in [1.29, 1.82) is 0 Å². The lowest BCUT2D eigenvalue weighted by Crippen LogP contribution is -2.38. The largest absolute Gasteiger partial charge is 0.352 e. The van der Waals surface area contributed by atoms with Crippen LogP contribution in [0.3, 0.4) is 0 Å². The van der Waals surface area contributed by atoms with E-state index in [0.717, 1.165) is 24.0 Å². The van der Waals surface area contributed by atoms with Crippen LogP contribution >= 0.6 is 24.8 Å². The van der Waals surface area contributed by atoms with Crippen LogP contribution in [-0.4, -0.2) is 27.2 Å². The maximum atomic E-state index is 12.5. The molecular formula is C19H29Cl2N5O. The predicted molar refractivity (Wildman–Crippen MR) is 111 cm³/mol. The van der Waals surface area contributed by atoms with Crippen molar-refractivity contribution >= 4 is 30.7 Å². The van der Waals surface area contributed by atoms with Gasteiger partial charge in [-0.05, 0) is 35.9 Å². The zero-order valence-corrected chi connectivity index (χ0v) is 17.1. The number of carbonyl (C=O) groups excluding carboxylic acids is 1. The van der Waals surface area contributed by atoms with Gasteiger partial charge >= 0.3 is 0 Å². The van der Waals surface area contributed by atoms with Crippen LogP contribution in [0, 0.1) is 5.41 Å². The van der Waals surface area contributed by atoms with E-state index < -0.39 is 0 Å². The first kappa shape index (κ1) is 23.4. The quantitative estimate of drug-likeness (QED) is 0.729. The molecule has 1 saturated carbocycles. The van der Waals surface area contributed by atoms with E-state index >= 15 is 0 Å². The van der Waals surface area contributed by atoms with Gasteiger partial charge in [-0.2, -0.15) is 5.10 Å². The third-order valence-corrected chi connectivity index (χ3v) is 5.28. The van der Waals surface area contributed by atoms with Gasteiger partial charge in [0.2, 0.25) is 5.91 Å². The second-order valence-electron chi connectivity index (χ2n) is 7.08. The Morgan fingerprint density at radius 1 is 1.15 bits per heavy atom. The molecule has 1 aromatic carbocycles. The van der Waals surface area contributed by atoms with Crippen molar-refractivity contribution in [3.63, 3.8) is 0 Å². The highest BCUT2D eigenvalue weighted by molar-refractivity contribution is 5.85. The molecule has 3 rings (SSSR count). The molecule has 3 N–H and O–H groups in total. The minimum absolute atomic E-state index is 0. The molecule has 27 heavy (non-hydrogen) atoms. The fourth-order valence-corrected chi connectivity index (χ4v) is 3.72. The molecule has 1 aliphatic rings. The molecule has 1 aliphatic carbocycles. The number of hydrogen-bond acceptors (Lipinski definition) is 4. The van der Waals surface area contributed by atoms with E-state index in [1.54, 1.807) is 11.0 Å². The summed E-state index contributed by atoms with van der Waals surface area (Å²) in [4.78, 5) is 16.5. The fourth-order valence-electron chi connectivity index (χ4n) is 3.72. The SMILES string of the molecule is Cl.Cl.NCC1(CC(=O)NCc2ccccc2Cn2cncn2)CCCCC1. The molecule has 0 spiro atoms. The summed E-state index contributed by atoms with van der Waals surface area (Å²) in [6.07, 6.45) is 9.54. The number of aromatic nitrogens is 3. The number of hydrogen-bond donors (Lipinski definition) is 2. The summed E-state index contributed by atoms with van der Waals surface area (Å²) >= 11 is 0. The zero-order valence-electron chi connectivity index (χ0n) is 15.5. The van der Waals surface area contributed by atoms with Crippen molar-refractivity contribution < 1.29 is 4.79 Å². The van der Waals surface area contributed by atoms with Crippen molar-refractivity contribution in [1.82, 2.24) is 20.1 Å². The van der Waals surface area contributed by atoms with Gasteiger partial charge in [-0.25, -0.2) is 9.67 Å². The smallest absolute Gasteiger partial charge is 0.220 e. The Morgan fingerprint density at radius 2 is 1.85 bits per heavy atom.